The number of phenols is 1. The number of anilines is 1. The van der Waals surface area contributed by atoms with Gasteiger partial charge >= 0.3 is 0 Å². The van der Waals surface area contributed by atoms with Gasteiger partial charge < -0.3 is 10.4 Å². The lowest BCUT2D eigenvalue weighted by Gasteiger charge is -2.23. The number of pyridine rings is 2. The van der Waals surface area contributed by atoms with Gasteiger partial charge in [0, 0.05) is 22.8 Å². The van der Waals surface area contributed by atoms with Crippen LogP contribution < -0.4 is 5.32 Å². The summed E-state index contributed by atoms with van der Waals surface area (Å²) in [6, 6.07) is 14.2. The molecule has 29 heavy (non-hydrogen) atoms. The van der Waals surface area contributed by atoms with Crippen molar-refractivity contribution in [2.45, 2.75) is 13.0 Å². The molecule has 3 rings (SSSR count). The summed E-state index contributed by atoms with van der Waals surface area (Å²) >= 11 is 6.43. The van der Waals surface area contributed by atoms with Gasteiger partial charge in [-0.05, 0) is 30.7 Å². The third-order valence-electron chi connectivity index (χ3n) is 4.46. The van der Waals surface area contributed by atoms with E-state index in [2.05, 4.69) is 28.4 Å². The molecule has 0 aliphatic carbocycles. The number of nitrogens with zero attached hydrogens (tertiary/aromatic N) is 3. The molecule has 0 spiro atoms. The lowest BCUT2D eigenvalue weighted by Crippen LogP contribution is -2.15. The van der Waals surface area contributed by atoms with Crippen molar-refractivity contribution in [3.8, 4) is 11.8 Å². The number of benzene rings is 1. The molecule has 6 heteroatoms. The summed E-state index contributed by atoms with van der Waals surface area (Å²) in [5, 5.41) is 24.5. The van der Waals surface area contributed by atoms with Gasteiger partial charge in [0.1, 0.15) is 23.2 Å². The number of fused-ring (bicyclic) bond motifs is 1. The molecule has 0 aliphatic rings. The van der Waals surface area contributed by atoms with Gasteiger partial charge in [-0.25, -0.2) is 9.97 Å². The van der Waals surface area contributed by atoms with Crippen molar-refractivity contribution in [3.05, 3.63) is 95.3 Å². The number of aromatic hydroxyl groups is 1. The van der Waals surface area contributed by atoms with Crippen LogP contribution in [0.1, 0.15) is 17.3 Å². The molecule has 2 N–H and O–H groups in total. The normalized spacial score (nSPS) is 12.6. The minimum absolute atomic E-state index is 0.0195. The standard InChI is InChI=1S/C23H19ClN4O/c1-4-17(20(24)14(2)13-25)22(28-19-7-5-6-12-26-19)18-11-10-16-9-8-15(3)27-21(16)23(18)29/h4-12,22,29H,1-2H2,3H3,(H,26,28)/b20-17-. The number of rotatable bonds is 6. The minimum atomic E-state index is -0.633. The highest BCUT2D eigenvalue weighted by Crippen LogP contribution is 2.39. The van der Waals surface area contributed by atoms with Gasteiger partial charge in [0.05, 0.1) is 16.6 Å². The smallest absolute Gasteiger partial charge is 0.147 e. The Hall–Kier alpha value is -3.62. The lowest BCUT2D eigenvalue weighted by atomic mass is 9.94. The second-order valence-corrected chi connectivity index (χ2v) is 6.76. The highest BCUT2D eigenvalue weighted by atomic mass is 35.5. The highest BCUT2D eigenvalue weighted by Gasteiger charge is 2.24. The monoisotopic (exact) mass is 402 g/mol. The Kier molecular flexibility index (Phi) is 5.96. The molecule has 0 saturated carbocycles. The highest BCUT2D eigenvalue weighted by molar-refractivity contribution is 6.33. The molecule has 2 heterocycles. The largest absolute Gasteiger partial charge is 0.505 e. The maximum atomic E-state index is 11.0. The Bertz CT molecular complexity index is 1160. The van der Waals surface area contributed by atoms with E-state index < -0.39 is 6.04 Å². The van der Waals surface area contributed by atoms with Gasteiger partial charge in [0.2, 0.25) is 0 Å². The zero-order valence-corrected chi connectivity index (χ0v) is 16.6. The van der Waals surface area contributed by atoms with E-state index >= 15 is 0 Å². The summed E-state index contributed by atoms with van der Waals surface area (Å²) in [6.07, 6.45) is 3.19. The molecule has 1 atom stereocenters. The SMILES string of the molecule is C=C/C(=C(/Cl)C(=C)C#N)C(Nc1ccccn1)c1ccc2ccc(C)nc2c1O. The fourth-order valence-corrected chi connectivity index (χ4v) is 3.22. The molecular weight excluding hydrogens is 384 g/mol. The summed E-state index contributed by atoms with van der Waals surface area (Å²) in [6.45, 7) is 9.39. The van der Waals surface area contributed by atoms with E-state index in [-0.39, 0.29) is 16.4 Å². The lowest BCUT2D eigenvalue weighted by molar-refractivity contribution is 0.471. The predicted octanol–water partition coefficient (Wildman–Crippen LogP) is 5.56. The van der Waals surface area contributed by atoms with Gasteiger partial charge in [-0.15, -0.1) is 0 Å². The number of allylic oxidation sites excluding steroid dienone is 2. The van der Waals surface area contributed by atoms with Crippen LogP contribution >= 0.6 is 11.6 Å². The van der Waals surface area contributed by atoms with Crippen LogP contribution in [0.2, 0.25) is 0 Å². The fourth-order valence-electron chi connectivity index (χ4n) is 3.00. The van der Waals surface area contributed by atoms with Crippen LogP contribution in [0.15, 0.2) is 84.1 Å². The molecule has 2 aromatic heterocycles. The van der Waals surface area contributed by atoms with Crippen molar-refractivity contribution in [1.82, 2.24) is 9.97 Å². The van der Waals surface area contributed by atoms with Crippen LogP contribution in [0, 0.1) is 18.3 Å². The Labute approximate surface area is 174 Å². The summed E-state index contributed by atoms with van der Waals surface area (Å²) in [4.78, 5) is 8.76. The molecule has 0 radical (unpaired) electrons. The maximum Gasteiger partial charge on any atom is 0.147 e. The second kappa shape index (κ2) is 8.59. The quantitative estimate of drug-likeness (QED) is 0.417. The van der Waals surface area contributed by atoms with Crippen LogP contribution in [0.25, 0.3) is 10.9 Å². The number of nitrogens with one attached hydrogen (secondary N) is 1. The van der Waals surface area contributed by atoms with Crippen molar-refractivity contribution >= 4 is 28.3 Å². The van der Waals surface area contributed by atoms with Crippen molar-refractivity contribution in [3.63, 3.8) is 0 Å². The number of halogens is 1. The van der Waals surface area contributed by atoms with Gasteiger partial charge in [-0.2, -0.15) is 5.26 Å². The number of nitriles is 1. The topological polar surface area (TPSA) is 81.8 Å². The Balaban J connectivity index is 2.24. The summed E-state index contributed by atoms with van der Waals surface area (Å²) in [7, 11) is 0. The molecule has 5 nitrogen and oxygen atoms in total. The first-order chi connectivity index (χ1) is 14.0. The van der Waals surface area contributed by atoms with E-state index in [4.69, 9.17) is 11.6 Å². The molecule has 0 bridgehead atoms. The van der Waals surface area contributed by atoms with Crippen LogP contribution in [-0.2, 0) is 0 Å². The van der Waals surface area contributed by atoms with Crippen molar-refractivity contribution in [2.24, 2.45) is 0 Å². The van der Waals surface area contributed by atoms with Gasteiger partial charge in [0.15, 0.2) is 0 Å². The number of phenolic OH excluding ortho intramolecular Hbond substituents is 1. The maximum absolute atomic E-state index is 11.0. The molecule has 0 aliphatic heterocycles. The third-order valence-corrected chi connectivity index (χ3v) is 4.90. The Morgan fingerprint density at radius 1 is 1.28 bits per heavy atom. The van der Waals surface area contributed by atoms with Crippen molar-refractivity contribution in [1.29, 1.82) is 5.26 Å². The average molecular weight is 403 g/mol. The first-order valence-electron chi connectivity index (χ1n) is 8.84. The minimum Gasteiger partial charge on any atom is -0.505 e. The van der Waals surface area contributed by atoms with Crippen molar-refractivity contribution < 1.29 is 5.11 Å². The van der Waals surface area contributed by atoms with E-state index in [1.54, 1.807) is 30.5 Å². The van der Waals surface area contributed by atoms with Gasteiger partial charge in [-0.3, -0.25) is 0 Å². The Morgan fingerprint density at radius 2 is 2.03 bits per heavy atom. The number of aromatic nitrogens is 2. The van der Waals surface area contributed by atoms with E-state index in [0.29, 0.717) is 22.5 Å². The zero-order chi connectivity index (χ0) is 21.0. The van der Waals surface area contributed by atoms with E-state index in [1.165, 1.54) is 0 Å². The van der Waals surface area contributed by atoms with E-state index in [9.17, 15) is 10.4 Å². The summed E-state index contributed by atoms with van der Waals surface area (Å²) in [5.41, 5.74) is 2.39. The Morgan fingerprint density at radius 3 is 2.69 bits per heavy atom. The number of hydrogen-bond donors (Lipinski definition) is 2. The first kappa shape index (κ1) is 20.1. The molecule has 0 fully saturated rings. The first-order valence-corrected chi connectivity index (χ1v) is 9.22. The molecule has 3 aromatic rings. The number of hydrogen-bond acceptors (Lipinski definition) is 5. The molecule has 144 valence electrons. The fraction of sp³-hybridized carbons (Fsp3) is 0.0870. The van der Waals surface area contributed by atoms with Crippen LogP contribution in [-0.4, -0.2) is 15.1 Å². The molecule has 0 saturated heterocycles. The van der Waals surface area contributed by atoms with Crippen molar-refractivity contribution in [2.75, 3.05) is 5.32 Å². The molecule has 1 unspecified atom stereocenters. The predicted molar refractivity (Wildman–Crippen MR) is 117 cm³/mol. The number of aryl methyl sites for hydroxylation is 1. The molecule has 1 aromatic carbocycles. The average Bonchev–Trinajstić information content (AvgIpc) is 2.74. The molecule has 0 amide bonds. The molecular formula is C23H19ClN4O. The van der Waals surface area contributed by atoms with E-state index in [1.807, 2.05) is 37.3 Å². The van der Waals surface area contributed by atoms with Gasteiger partial charge in [0.25, 0.3) is 0 Å². The summed E-state index contributed by atoms with van der Waals surface area (Å²) < 4.78 is 0. The van der Waals surface area contributed by atoms with Crippen LogP contribution in [0.5, 0.6) is 5.75 Å². The van der Waals surface area contributed by atoms with E-state index in [0.717, 1.165) is 11.1 Å². The third kappa shape index (κ3) is 4.13. The second-order valence-electron chi connectivity index (χ2n) is 6.38. The van der Waals surface area contributed by atoms with Crippen LogP contribution in [0.4, 0.5) is 5.82 Å². The zero-order valence-electron chi connectivity index (χ0n) is 15.9. The summed E-state index contributed by atoms with van der Waals surface area (Å²) in [5.74, 6) is 0.589. The van der Waals surface area contributed by atoms with Gasteiger partial charge in [-0.1, -0.05) is 55.1 Å². The van der Waals surface area contributed by atoms with Crippen LogP contribution in [0.3, 0.4) is 0 Å².